The minimum absolute atomic E-state index is 0.0601. The number of ether oxygens (including phenoxy) is 1. The van der Waals surface area contributed by atoms with Crippen LogP contribution in [0.25, 0.3) is 0 Å². The fourth-order valence-corrected chi connectivity index (χ4v) is 2.45. The molecular weight excluding hydrogens is 316 g/mol. The van der Waals surface area contributed by atoms with Crippen LogP contribution in [0.1, 0.15) is 30.6 Å². The van der Waals surface area contributed by atoms with E-state index in [9.17, 15) is 0 Å². The Labute approximate surface area is 128 Å². The van der Waals surface area contributed by atoms with Gasteiger partial charge in [-0.3, -0.25) is 4.98 Å². The first kappa shape index (κ1) is 15.0. The van der Waals surface area contributed by atoms with E-state index in [1.807, 2.05) is 18.2 Å². The number of rotatable bonds is 5. The zero-order chi connectivity index (χ0) is 14.5. The summed E-state index contributed by atoms with van der Waals surface area (Å²) in [6, 6.07) is 10.0. The number of nitrogens with two attached hydrogens (primary N) is 1. The van der Waals surface area contributed by atoms with Crippen molar-refractivity contribution in [2.45, 2.75) is 32.4 Å². The number of hydrogen-bond acceptors (Lipinski definition) is 3. The monoisotopic (exact) mass is 334 g/mol. The number of benzene rings is 1. The standard InChI is InChI=1S/C16H19BrN2O/c1-3-15(18)16(14-7-5-4-6-11(14)2)20-13-8-12(17)9-19-10-13/h4-10,15-16H,3,18H2,1-2H3. The highest BCUT2D eigenvalue weighted by atomic mass is 79.9. The summed E-state index contributed by atoms with van der Waals surface area (Å²) in [5.74, 6) is 0.719. The summed E-state index contributed by atoms with van der Waals surface area (Å²) in [7, 11) is 0. The first-order chi connectivity index (χ1) is 9.61. The predicted octanol–water partition coefficient (Wildman–Crippen LogP) is 4.01. The van der Waals surface area contributed by atoms with Gasteiger partial charge in [-0.1, -0.05) is 31.2 Å². The molecule has 0 amide bonds. The number of halogens is 1. The van der Waals surface area contributed by atoms with E-state index < -0.39 is 0 Å². The molecule has 0 aliphatic heterocycles. The van der Waals surface area contributed by atoms with Crippen molar-refractivity contribution < 1.29 is 4.74 Å². The first-order valence-corrected chi connectivity index (χ1v) is 7.49. The van der Waals surface area contributed by atoms with Crippen LogP contribution in [0.3, 0.4) is 0 Å². The smallest absolute Gasteiger partial charge is 0.139 e. The van der Waals surface area contributed by atoms with Gasteiger partial charge in [0.1, 0.15) is 11.9 Å². The van der Waals surface area contributed by atoms with Crippen LogP contribution in [0.4, 0.5) is 0 Å². The van der Waals surface area contributed by atoms with Crippen LogP contribution >= 0.6 is 15.9 Å². The van der Waals surface area contributed by atoms with Gasteiger partial charge in [0.25, 0.3) is 0 Å². The molecule has 0 radical (unpaired) electrons. The Balaban J connectivity index is 2.32. The molecule has 0 fully saturated rings. The van der Waals surface area contributed by atoms with E-state index in [0.29, 0.717) is 0 Å². The van der Waals surface area contributed by atoms with Crippen molar-refractivity contribution in [3.63, 3.8) is 0 Å². The average Bonchev–Trinajstić information content (AvgIpc) is 2.45. The molecule has 1 aromatic carbocycles. The van der Waals surface area contributed by atoms with Crippen molar-refractivity contribution in [1.29, 1.82) is 0 Å². The summed E-state index contributed by atoms with van der Waals surface area (Å²) >= 11 is 3.40. The topological polar surface area (TPSA) is 48.1 Å². The quantitative estimate of drug-likeness (QED) is 0.898. The van der Waals surface area contributed by atoms with Gasteiger partial charge in [0.2, 0.25) is 0 Å². The zero-order valence-corrected chi connectivity index (χ0v) is 13.3. The van der Waals surface area contributed by atoms with Crippen LogP contribution in [0.15, 0.2) is 47.2 Å². The second-order valence-electron chi connectivity index (χ2n) is 4.81. The number of pyridine rings is 1. The maximum absolute atomic E-state index is 6.25. The molecule has 0 saturated carbocycles. The number of aryl methyl sites for hydroxylation is 1. The highest BCUT2D eigenvalue weighted by Gasteiger charge is 2.22. The van der Waals surface area contributed by atoms with Gasteiger partial charge in [0.15, 0.2) is 0 Å². The lowest BCUT2D eigenvalue weighted by Crippen LogP contribution is -2.32. The maximum atomic E-state index is 6.25. The molecular formula is C16H19BrN2O. The molecule has 2 N–H and O–H groups in total. The molecule has 20 heavy (non-hydrogen) atoms. The number of aromatic nitrogens is 1. The van der Waals surface area contributed by atoms with Crippen molar-refractivity contribution in [3.8, 4) is 5.75 Å². The molecule has 2 aromatic rings. The van der Waals surface area contributed by atoms with Gasteiger partial charge in [-0.2, -0.15) is 0 Å². The lowest BCUT2D eigenvalue weighted by molar-refractivity contribution is 0.169. The number of nitrogens with zero attached hydrogens (tertiary/aromatic N) is 1. The highest BCUT2D eigenvalue weighted by Crippen LogP contribution is 2.28. The Morgan fingerprint density at radius 1 is 1.30 bits per heavy atom. The Kier molecular flexibility index (Phi) is 5.15. The van der Waals surface area contributed by atoms with E-state index in [-0.39, 0.29) is 12.1 Å². The van der Waals surface area contributed by atoms with Gasteiger partial charge < -0.3 is 10.5 Å². The van der Waals surface area contributed by atoms with E-state index in [1.165, 1.54) is 5.56 Å². The van der Waals surface area contributed by atoms with Gasteiger partial charge in [0, 0.05) is 16.7 Å². The van der Waals surface area contributed by atoms with Gasteiger partial charge in [0.05, 0.1) is 6.20 Å². The number of hydrogen-bond donors (Lipinski definition) is 1. The fraction of sp³-hybridized carbons (Fsp3) is 0.312. The molecule has 2 atom stereocenters. The van der Waals surface area contributed by atoms with Crippen molar-refractivity contribution in [3.05, 3.63) is 58.3 Å². The van der Waals surface area contributed by atoms with E-state index in [4.69, 9.17) is 10.5 Å². The molecule has 0 bridgehead atoms. The molecule has 4 heteroatoms. The Hall–Kier alpha value is -1.39. The normalized spacial score (nSPS) is 13.8. The van der Waals surface area contributed by atoms with E-state index in [0.717, 1.165) is 22.2 Å². The second kappa shape index (κ2) is 6.86. The average molecular weight is 335 g/mol. The minimum Gasteiger partial charge on any atom is -0.482 e. The van der Waals surface area contributed by atoms with Crippen LogP contribution in [0.5, 0.6) is 5.75 Å². The molecule has 1 aromatic heterocycles. The van der Waals surface area contributed by atoms with E-state index in [1.54, 1.807) is 12.4 Å². The fourth-order valence-electron chi connectivity index (χ4n) is 2.11. The predicted molar refractivity (Wildman–Crippen MR) is 84.8 cm³/mol. The van der Waals surface area contributed by atoms with Gasteiger partial charge >= 0.3 is 0 Å². The van der Waals surface area contributed by atoms with E-state index in [2.05, 4.69) is 46.9 Å². The molecule has 2 unspecified atom stereocenters. The van der Waals surface area contributed by atoms with Crippen molar-refractivity contribution in [1.82, 2.24) is 4.98 Å². The van der Waals surface area contributed by atoms with Gasteiger partial charge in [-0.15, -0.1) is 0 Å². The van der Waals surface area contributed by atoms with Crippen LogP contribution in [-0.2, 0) is 0 Å². The summed E-state index contributed by atoms with van der Waals surface area (Å²) in [6.07, 6.45) is 4.12. The molecule has 0 aliphatic rings. The summed E-state index contributed by atoms with van der Waals surface area (Å²) in [4.78, 5) is 4.13. The third-order valence-electron chi connectivity index (χ3n) is 3.30. The lowest BCUT2D eigenvalue weighted by atomic mass is 9.97. The molecule has 0 spiro atoms. The third-order valence-corrected chi connectivity index (χ3v) is 3.73. The van der Waals surface area contributed by atoms with Crippen LogP contribution in [-0.4, -0.2) is 11.0 Å². The van der Waals surface area contributed by atoms with E-state index >= 15 is 0 Å². The Morgan fingerprint density at radius 2 is 2.05 bits per heavy atom. The third kappa shape index (κ3) is 3.58. The summed E-state index contributed by atoms with van der Waals surface area (Å²) in [5, 5.41) is 0. The Bertz CT molecular complexity index is 574. The van der Waals surface area contributed by atoms with Gasteiger partial charge in [-0.25, -0.2) is 0 Å². The molecule has 3 nitrogen and oxygen atoms in total. The molecule has 2 rings (SSSR count). The van der Waals surface area contributed by atoms with Crippen LogP contribution in [0, 0.1) is 6.92 Å². The van der Waals surface area contributed by atoms with Crippen molar-refractivity contribution in [2.24, 2.45) is 5.73 Å². The zero-order valence-electron chi connectivity index (χ0n) is 11.7. The van der Waals surface area contributed by atoms with Crippen LogP contribution < -0.4 is 10.5 Å². The van der Waals surface area contributed by atoms with Crippen LogP contribution in [0.2, 0.25) is 0 Å². The van der Waals surface area contributed by atoms with Crippen molar-refractivity contribution >= 4 is 15.9 Å². The summed E-state index contributed by atoms with van der Waals surface area (Å²) < 4.78 is 6.99. The molecule has 106 valence electrons. The molecule has 0 aliphatic carbocycles. The highest BCUT2D eigenvalue weighted by molar-refractivity contribution is 9.10. The second-order valence-corrected chi connectivity index (χ2v) is 5.72. The SMILES string of the molecule is CCC(N)C(Oc1cncc(Br)c1)c1ccccc1C. The largest absolute Gasteiger partial charge is 0.482 e. The summed E-state index contributed by atoms with van der Waals surface area (Å²) in [6.45, 7) is 4.14. The Morgan fingerprint density at radius 3 is 2.70 bits per heavy atom. The maximum Gasteiger partial charge on any atom is 0.139 e. The molecule has 1 heterocycles. The van der Waals surface area contributed by atoms with Gasteiger partial charge in [-0.05, 0) is 46.5 Å². The lowest BCUT2D eigenvalue weighted by Gasteiger charge is -2.26. The minimum atomic E-state index is -0.169. The summed E-state index contributed by atoms with van der Waals surface area (Å²) in [5.41, 5.74) is 8.56. The van der Waals surface area contributed by atoms with Crippen molar-refractivity contribution in [2.75, 3.05) is 0 Å². The first-order valence-electron chi connectivity index (χ1n) is 6.70. The molecule has 0 saturated heterocycles.